The molecule has 0 atom stereocenters. The van der Waals surface area contributed by atoms with Gasteiger partial charge in [0.1, 0.15) is 6.67 Å². The molecule has 1 heteroatoms. The lowest BCUT2D eigenvalue weighted by Crippen LogP contribution is -1.81. The van der Waals surface area contributed by atoms with E-state index in [1.54, 1.807) is 0 Å². The highest BCUT2D eigenvalue weighted by Crippen LogP contribution is 2.20. The molecule has 0 aliphatic carbocycles. The molecule has 0 aromatic heterocycles. The highest BCUT2D eigenvalue weighted by atomic mass is 19.1. The predicted octanol–water partition coefficient (Wildman–Crippen LogP) is 4.47. The molecule has 0 nitrogen and oxygen atoms in total. The fraction of sp³-hybridized carbons (Fsp3) is 0.0667. The molecule has 2 aromatic rings. The van der Waals surface area contributed by atoms with Crippen molar-refractivity contribution in [1.29, 1.82) is 0 Å². The largest absolute Gasteiger partial charge is 0.246 e. The molecule has 0 unspecified atom stereocenters. The summed E-state index contributed by atoms with van der Waals surface area (Å²) in [6.07, 6.45) is 1.82. The second-order valence-corrected chi connectivity index (χ2v) is 3.66. The van der Waals surface area contributed by atoms with Gasteiger partial charge in [-0.05, 0) is 22.3 Å². The van der Waals surface area contributed by atoms with Crippen molar-refractivity contribution in [3.05, 3.63) is 66.2 Å². The molecule has 0 N–H and O–H groups in total. The number of rotatable bonds is 3. The molecule has 0 bridgehead atoms. The number of hydrogen-bond acceptors (Lipinski definition) is 0. The third kappa shape index (κ3) is 2.19. The highest BCUT2D eigenvalue weighted by molar-refractivity contribution is 5.65. The lowest BCUT2D eigenvalue weighted by molar-refractivity contribution is 0.485. The minimum atomic E-state index is -0.407. The predicted molar refractivity (Wildman–Crippen MR) is 66.8 cm³/mol. The first-order valence-corrected chi connectivity index (χ1v) is 5.21. The molecular weight excluding hydrogens is 199 g/mol. The molecule has 0 saturated heterocycles. The monoisotopic (exact) mass is 212 g/mol. The van der Waals surface area contributed by atoms with E-state index in [0.717, 1.165) is 16.7 Å². The zero-order valence-electron chi connectivity index (χ0n) is 8.99. The van der Waals surface area contributed by atoms with Crippen molar-refractivity contribution in [2.45, 2.75) is 6.67 Å². The van der Waals surface area contributed by atoms with Crippen molar-refractivity contribution >= 4 is 6.08 Å². The van der Waals surface area contributed by atoms with Crippen LogP contribution >= 0.6 is 0 Å². The third-order valence-electron chi connectivity index (χ3n) is 2.59. The fourth-order valence-corrected chi connectivity index (χ4v) is 1.60. The van der Waals surface area contributed by atoms with Gasteiger partial charge in [0.05, 0.1) is 0 Å². The Bertz CT molecular complexity index is 466. The van der Waals surface area contributed by atoms with E-state index in [-0.39, 0.29) is 0 Å². The van der Waals surface area contributed by atoms with Crippen molar-refractivity contribution < 1.29 is 4.39 Å². The van der Waals surface area contributed by atoms with Gasteiger partial charge in [0.25, 0.3) is 0 Å². The van der Waals surface area contributed by atoms with Crippen LogP contribution in [0.25, 0.3) is 17.2 Å². The van der Waals surface area contributed by atoms with E-state index in [1.165, 1.54) is 0 Å². The van der Waals surface area contributed by atoms with Gasteiger partial charge < -0.3 is 0 Å². The molecule has 2 aromatic carbocycles. The number of hydrogen-bond donors (Lipinski definition) is 0. The molecule has 0 aliphatic heterocycles. The van der Waals surface area contributed by atoms with Crippen LogP contribution in [0.4, 0.5) is 4.39 Å². The number of halogens is 1. The van der Waals surface area contributed by atoms with E-state index < -0.39 is 6.67 Å². The van der Waals surface area contributed by atoms with Gasteiger partial charge in [-0.1, -0.05) is 61.2 Å². The summed E-state index contributed by atoms with van der Waals surface area (Å²) in [5.41, 5.74) is 4.06. The van der Waals surface area contributed by atoms with Crippen molar-refractivity contribution in [3.8, 4) is 11.1 Å². The van der Waals surface area contributed by atoms with Crippen LogP contribution < -0.4 is 0 Å². The van der Waals surface area contributed by atoms with Crippen LogP contribution in [0.1, 0.15) is 11.1 Å². The van der Waals surface area contributed by atoms with E-state index in [0.29, 0.717) is 5.56 Å². The van der Waals surface area contributed by atoms with Crippen LogP contribution in [0.5, 0.6) is 0 Å². The molecule has 16 heavy (non-hydrogen) atoms. The molecule has 2 rings (SSSR count). The topological polar surface area (TPSA) is 0 Å². The van der Waals surface area contributed by atoms with Crippen molar-refractivity contribution in [2.24, 2.45) is 0 Å². The van der Waals surface area contributed by atoms with E-state index in [1.807, 2.05) is 54.6 Å². The summed E-state index contributed by atoms with van der Waals surface area (Å²) >= 11 is 0. The molecule has 80 valence electrons. The molecule has 0 spiro atoms. The summed E-state index contributed by atoms with van der Waals surface area (Å²) in [7, 11) is 0. The second kappa shape index (κ2) is 4.75. The van der Waals surface area contributed by atoms with Crippen LogP contribution in [0.3, 0.4) is 0 Å². The van der Waals surface area contributed by atoms with Crippen LogP contribution in [0, 0.1) is 0 Å². The lowest BCUT2D eigenvalue weighted by atomic mass is 10.0. The van der Waals surface area contributed by atoms with Crippen LogP contribution in [-0.4, -0.2) is 0 Å². The minimum absolute atomic E-state index is 0.407. The van der Waals surface area contributed by atoms with Gasteiger partial charge in [-0.2, -0.15) is 0 Å². The molecule has 0 saturated carbocycles. The first kappa shape index (κ1) is 10.6. The second-order valence-electron chi connectivity index (χ2n) is 3.66. The summed E-state index contributed by atoms with van der Waals surface area (Å²) in [4.78, 5) is 0. The van der Waals surface area contributed by atoms with Gasteiger partial charge >= 0.3 is 0 Å². The average molecular weight is 212 g/mol. The normalized spacial score (nSPS) is 10.1. The van der Waals surface area contributed by atoms with Crippen molar-refractivity contribution in [3.63, 3.8) is 0 Å². The van der Waals surface area contributed by atoms with Crippen LogP contribution in [0.15, 0.2) is 55.1 Å². The molecule has 0 aliphatic rings. The van der Waals surface area contributed by atoms with Gasteiger partial charge in [-0.3, -0.25) is 0 Å². The van der Waals surface area contributed by atoms with E-state index in [9.17, 15) is 4.39 Å². The maximum absolute atomic E-state index is 12.3. The summed E-state index contributed by atoms with van der Waals surface area (Å²) in [5.74, 6) is 0. The molecule has 0 heterocycles. The summed E-state index contributed by atoms with van der Waals surface area (Å²) < 4.78 is 12.3. The first-order chi connectivity index (χ1) is 7.83. The van der Waals surface area contributed by atoms with Gasteiger partial charge in [0, 0.05) is 0 Å². The summed E-state index contributed by atoms with van der Waals surface area (Å²) in [5, 5.41) is 0. The summed E-state index contributed by atoms with van der Waals surface area (Å²) in [6.45, 7) is 3.31. The molecule has 0 amide bonds. The van der Waals surface area contributed by atoms with Gasteiger partial charge in [0.15, 0.2) is 0 Å². The Balaban J connectivity index is 2.31. The summed E-state index contributed by atoms with van der Waals surface area (Å²) in [6, 6.07) is 15.6. The third-order valence-corrected chi connectivity index (χ3v) is 2.59. The molecule has 0 radical (unpaired) electrons. The Morgan fingerprint density at radius 2 is 1.38 bits per heavy atom. The Hall–Kier alpha value is -1.89. The zero-order chi connectivity index (χ0) is 11.4. The quantitative estimate of drug-likeness (QED) is 0.704. The minimum Gasteiger partial charge on any atom is -0.246 e. The lowest BCUT2D eigenvalue weighted by Gasteiger charge is -2.03. The molecule has 0 fully saturated rings. The maximum atomic E-state index is 12.3. The number of alkyl halides is 1. The SMILES string of the molecule is C=Cc1ccc(-c2ccc(CF)cc2)cc1. The van der Waals surface area contributed by atoms with E-state index in [2.05, 4.69) is 6.58 Å². The van der Waals surface area contributed by atoms with E-state index >= 15 is 0 Å². The molecular formula is C15H13F. The Morgan fingerprint density at radius 1 is 0.875 bits per heavy atom. The number of benzene rings is 2. The smallest absolute Gasteiger partial charge is 0.115 e. The first-order valence-electron chi connectivity index (χ1n) is 5.21. The maximum Gasteiger partial charge on any atom is 0.115 e. The standard InChI is InChI=1S/C15H13F/c1-2-12-3-7-14(8-4-12)15-9-5-13(11-16)6-10-15/h2-10H,1,11H2. The van der Waals surface area contributed by atoms with Crippen molar-refractivity contribution in [1.82, 2.24) is 0 Å². The van der Waals surface area contributed by atoms with Crippen LogP contribution in [-0.2, 0) is 6.67 Å². The van der Waals surface area contributed by atoms with Crippen LogP contribution in [0.2, 0.25) is 0 Å². The zero-order valence-corrected chi connectivity index (χ0v) is 8.99. The fourth-order valence-electron chi connectivity index (χ4n) is 1.60. The van der Waals surface area contributed by atoms with E-state index in [4.69, 9.17) is 0 Å². The highest BCUT2D eigenvalue weighted by Gasteiger charge is 1.97. The Labute approximate surface area is 95.1 Å². The van der Waals surface area contributed by atoms with Gasteiger partial charge in [0.2, 0.25) is 0 Å². The van der Waals surface area contributed by atoms with Gasteiger partial charge in [-0.25, -0.2) is 4.39 Å². The van der Waals surface area contributed by atoms with Gasteiger partial charge in [-0.15, -0.1) is 0 Å². The Kier molecular flexibility index (Phi) is 3.16. The average Bonchev–Trinajstić information content (AvgIpc) is 2.39. The Morgan fingerprint density at radius 3 is 1.81 bits per heavy atom. The van der Waals surface area contributed by atoms with Crippen molar-refractivity contribution in [2.75, 3.05) is 0 Å².